The maximum absolute atomic E-state index is 11.0. The zero-order chi connectivity index (χ0) is 23.0. The highest BCUT2D eigenvalue weighted by molar-refractivity contribution is 7.80. The number of unbranched alkanes of at least 4 members (excludes halogenated alkanes) is 18. The highest BCUT2D eigenvalue weighted by Gasteiger charge is 2.13. The average molecular weight is 463 g/mol. The molecule has 0 saturated heterocycles. The van der Waals surface area contributed by atoms with Crippen molar-refractivity contribution in [2.45, 2.75) is 155 Å². The molecule has 188 valence electrons. The topological polar surface area (TPSA) is 63.6 Å². The van der Waals surface area contributed by atoms with Crippen molar-refractivity contribution in [3.05, 3.63) is 0 Å². The molecule has 5 heteroatoms. The average Bonchev–Trinajstić information content (AvgIpc) is 2.73. The lowest BCUT2D eigenvalue weighted by molar-refractivity contribution is 0.204. The van der Waals surface area contributed by atoms with Gasteiger partial charge in [-0.2, -0.15) is 8.42 Å². The second-order valence-corrected chi connectivity index (χ2v) is 10.6. The highest BCUT2D eigenvalue weighted by atomic mass is 32.3. The summed E-state index contributed by atoms with van der Waals surface area (Å²) >= 11 is 0. The SMILES string of the molecule is CCCCCCCCCCCCC(CCCCCCCCCCCC)COS(=O)(=O)O. The van der Waals surface area contributed by atoms with Crippen LogP contribution < -0.4 is 0 Å². The largest absolute Gasteiger partial charge is 0.397 e. The van der Waals surface area contributed by atoms with E-state index in [-0.39, 0.29) is 12.5 Å². The summed E-state index contributed by atoms with van der Waals surface area (Å²) in [5.41, 5.74) is 0. The van der Waals surface area contributed by atoms with E-state index in [0.29, 0.717) is 0 Å². The lowest BCUT2D eigenvalue weighted by Gasteiger charge is -2.16. The first-order chi connectivity index (χ1) is 15.0. The van der Waals surface area contributed by atoms with Crippen molar-refractivity contribution in [3.63, 3.8) is 0 Å². The van der Waals surface area contributed by atoms with Gasteiger partial charge in [-0.15, -0.1) is 0 Å². The molecule has 0 aromatic rings. The Morgan fingerprint density at radius 1 is 0.548 bits per heavy atom. The van der Waals surface area contributed by atoms with Crippen LogP contribution in [0.25, 0.3) is 0 Å². The van der Waals surface area contributed by atoms with E-state index in [1.165, 1.54) is 116 Å². The van der Waals surface area contributed by atoms with Crippen molar-refractivity contribution in [1.29, 1.82) is 0 Å². The maximum atomic E-state index is 11.0. The molecule has 0 aliphatic rings. The Morgan fingerprint density at radius 2 is 0.839 bits per heavy atom. The fraction of sp³-hybridized carbons (Fsp3) is 1.00. The molecule has 0 saturated carbocycles. The molecule has 1 N–H and O–H groups in total. The third-order valence-electron chi connectivity index (χ3n) is 6.38. The maximum Gasteiger partial charge on any atom is 0.397 e. The first kappa shape index (κ1) is 30.9. The molecule has 0 amide bonds. The molecule has 0 unspecified atom stereocenters. The van der Waals surface area contributed by atoms with Crippen molar-refractivity contribution in [1.82, 2.24) is 0 Å². The summed E-state index contributed by atoms with van der Waals surface area (Å²) in [6.45, 7) is 4.64. The zero-order valence-corrected chi connectivity index (χ0v) is 21.7. The van der Waals surface area contributed by atoms with Crippen molar-refractivity contribution in [2.75, 3.05) is 6.61 Å². The van der Waals surface area contributed by atoms with Gasteiger partial charge in [-0.05, 0) is 18.8 Å². The van der Waals surface area contributed by atoms with Crippen LogP contribution in [0, 0.1) is 5.92 Å². The summed E-state index contributed by atoms with van der Waals surface area (Å²) in [4.78, 5) is 0. The Balaban J connectivity index is 3.78. The van der Waals surface area contributed by atoms with E-state index in [2.05, 4.69) is 13.8 Å². The molecule has 0 bridgehead atoms. The normalized spacial score (nSPS) is 12.1. The Hall–Kier alpha value is -0.130. The molecule has 0 fully saturated rings. The smallest absolute Gasteiger partial charge is 0.264 e. The van der Waals surface area contributed by atoms with Crippen LogP contribution >= 0.6 is 0 Å². The van der Waals surface area contributed by atoms with Crippen molar-refractivity contribution >= 4 is 10.4 Å². The number of rotatable bonds is 25. The van der Waals surface area contributed by atoms with E-state index < -0.39 is 10.4 Å². The van der Waals surface area contributed by atoms with Crippen LogP contribution in [0.5, 0.6) is 0 Å². The molecule has 0 aromatic carbocycles. The van der Waals surface area contributed by atoms with Crippen LogP contribution in [0.4, 0.5) is 0 Å². The van der Waals surface area contributed by atoms with Crippen LogP contribution in [0.3, 0.4) is 0 Å². The van der Waals surface area contributed by atoms with Gasteiger partial charge in [0.05, 0.1) is 6.61 Å². The molecule has 31 heavy (non-hydrogen) atoms. The Bertz CT molecular complexity index is 426. The lowest BCUT2D eigenvalue weighted by Crippen LogP contribution is -2.14. The number of hydrogen-bond acceptors (Lipinski definition) is 3. The molecule has 0 aliphatic carbocycles. The fourth-order valence-electron chi connectivity index (χ4n) is 4.33. The summed E-state index contributed by atoms with van der Waals surface area (Å²) < 4.78 is 35.5. The van der Waals surface area contributed by atoms with E-state index in [4.69, 9.17) is 8.74 Å². The summed E-state index contributed by atoms with van der Waals surface area (Å²) in [7, 11) is -4.32. The molecule has 0 aromatic heterocycles. The quantitative estimate of drug-likeness (QED) is 0.108. The Kier molecular flexibility index (Phi) is 22.9. The predicted molar refractivity (Wildman–Crippen MR) is 134 cm³/mol. The van der Waals surface area contributed by atoms with Gasteiger partial charge < -0.3 is 0 Å². The molecule has 0 aliphatic heterocycles. The molecular formula is C26H54O4S. The van der Waals surface area contributed by atoms with Crippen LogP contribution in [-0.2, 0) is 14.6 Å². The third-order valence-corrected chi connectivity index (χ3v) is 6.82. The Morgan fingerprint density at radius 3 is 1.13 bits per heavy atom. The Labute approximate surface area is 195 Å². The minimum atomic E-state index is -4.32. The predicted octanol–water partition coefficient (Wildman–Crippen LogP) is 9.04. The van der Waals surface area contributed by atoms with Gasteiger partial charge >= 0.3 is 10.4 Å². The van der Waals surface area contributed by atoms with Gasteiger partial charge in [0.2, 0.25) is 0 Å². The fourth-order valence-corrected chi connectivity index (χ4v) is 4.70. The monoisotopic (exact) mass is 462 g/mol. The molecule has 0 atom stereocenters. The molecule has 0 rings (SSSR count). The standard InChI is InChI=1S/C26H54O4S/c1-3-5-7-9-11-13-15-17-19-21-23-26(25-30-31(27,28)29)24-22-20-18-16-14-12-10-8-6-4-2/h26H,3-25H2,1-2H3,(H,27,28,29). The summed E-state index contributed by atoms with van der Waals surface area (Å²) in [5.74, 6) is 0.241. The first-order valence-corrected chi connectivity index (χ1v) is 15.0. The summed E-state index contributed by atoms with van der Waals surface area (Å²) in [6.07, 6.45) is 28.2. The van der Waals surface area contributed by atoms with Gasteiger partial charge in [0, 0.05) is 0 Å². The second-order valence-electron chi connectivity index (χ2n) is 9.52. The summed E-state index contributed by atoms with van der Waals surface area (Å²) in [6, 6.07) is 0. The van der Waals surface area contributed by atoms with E-state index >= 15 is 0 Å². The van der Waals surface area contributed by atoms with E-state index in [1.807, 2.05) is 0 Å². The van der Waals surface area contributed by atoms with Gasteiger partial charge in [-0.3, -0.25) is 4.55 Å². The highest BCUT2D eigenvalue weighted by Crippen LogP contribution is 2.21. The van der Waals surface area contributed by atoms with Gasteiger partial charge in [0.15, 0.2) is 0 Å². The van der Waals surface area contributed by atoms with E-state index in [1.54, 1.807) is 0 Å². The van der Waals surface area contributed by atoms with Crippen molar-refractivity contribution in [3.8, 4) is 0 Å². The van der Waals surface area contributed by atoms with Gasteiger partial charge in [-0.25, -0.2) is 4.18 Å². The first-order valence-electron chi connectivity index (χ1n) is 13.6. The number of hydrogen-bond donors (Lipinski definition) is 1. The van der Waals surface area contributed by atoms with E-state index in [9.17, 15) is 8.42 Å². The summed E-state index contributed by atoms with van der Waals surface area (Å²) in [5, 5.41) is 0. The third kappa shape index (κ3) is 26.0. The van der Waals surface area contributed by atoms with Gasteiger partial charge in [0.1, 0.15) is 0 Å². The van der Waals surface area contributed by atoms with Gasteiger partial charge in [-0.1, -0.05) is 142 Å². The molecule has 0 heterocycles. The lowest BCUT2D eigenvalue weighted by atomic mass is 9.94. The molecule has 0 spiro atoms. The van der Waals surface area contributed by atoms with Crippen molar-refractivity contribution < 1.29 is 17.2 Å². The van der Waals surface area contributed by atoms with Crippen LogP contribution in [0.2, 0.25) is 0 Å². The zero-order valence-electron chi connectivity index (χ0n) is 20.9. The minimum absolute atomic E-state index is 0.133. The molecular weight excluding hydrogens is 408 g/mol. The van der Waals surface area contributed by atoms with Crippen LogP contribution in [0.15, 0.2) is 0 Å². The van der Waals surface area contributed by atoms with Gasteiger partial charge in [0.25, 0.3) is 0 Å². The molecule has 4 nitrogen and oxygen atoms in total. The minimum Gasteiger partial charge on any atom is -0.264 e. The second kappa shape index (κ2) is 23.0. The van der Waals surface area contributed by atoms with Crippen LogP contribution in [-0.4, -0.2) is 19.6 Å². The van der Waals surface area contributed by atoms with Crippen molar-refractivity contribution in [2.24, 2.45) is 5.92 Å². The van der Waals surface area contributed by atoms with E-state index in [0.717, 1.165) is 25.7 Å². The van der Waals surface area contributed by atoms with Crippen LogP contribution in [0.1, 0.15) is 155 Å². The molecule has 0 radical (unpaired) electrons.